The first-order valence-electron chi connectivity index (χ1n) is 7.99. The van der Waals surface area contributed by atoms with E-state index in [0.717, 1.165) is 38.2 Å². The van der Waals surface area contributed by atoms with E-state index < -0.39 is 9.84 Å². The van der Waals surface area contributed by atoms with E-state index in [1.165, 1.54) is 0 Å². The predicted octanol–water partition coefficient (Wildman–Crippen LogP) is 1.99. The summed E-state index contributed by atoms with van der Waals surface area (Å²) in [7, 11) is -3.20. The fraction of sp³-hybridized carbons (Fsp3) is 0.500. The maximum atomic E-state index is 12.3. The average Bonchev–Trinajstić information content (AvgIpc) is 3.08. The summed E-state index contributed by atoms with van der Waals surface area (Å²) in [4.78, 5) is 6.62. The number of anilines is 1. The summed E-state index contributed by atoms with van der Waals surface area (Å²) in [5, 5.41) is 4.16. The van der Waals surface area contributed by atoms with Crippen LogP contribution >= 0.6 is 0 Å². The molecular formula is C16H22N4O2S. The van der Waals surface area contributed by atoms with Crippen LogP contribution in [-0.2, 0) is 16.4 Å². The summed E-state index contributed by atoms with van der Waals surface area (Å²) < 4.78 is 26.5. The number of rotatable bonds is 5. The first-order valence-corrected chi connectivity index (χ1v) is 9.64. The van der Waals surface area contributed by atoms with E-state index in [1.807, 2.05) is 16.8 Å². The largest absolute Gasteiger partial charge is 0.370 e. The van der Waals surface area contributed by atoms with Crippen LogP contribution in [0.25, 0.3) is 0 Å². The van der Waals surface area contributed by atoms with E-state index in [0.29, 0.717) is 10.8 Å². The fourth-order valence-electron chi connectivity index (χ4n) is 3.08. The van der Waals surface area contributed by atoms with Gasteiger partial charge in [-0.3, -0.25) is 4.68 Å². The SMILES string of the molecule is CCS(=O)(=O)c1ccccc1N1CCC(Cn2cncn2)CC1. The maximum Gasteiger partial charge on any atom is 0.180 e. The van der Waals surface area contributed by atoms with Crippen molar-refractivity contribution < 1.29 is 8.42 Å². The molecule has 0 atom stereocenters. The van der Waals surface area contributed by atoms with Crippen LogP contribution in [0.4, 0.5) is 5.69 Å². The van der Waals surface area contributed by atoms with Crippen molar-refractivity contribution in [2.75, 3.05) is 23.7 Å². The monoisotopic (exact) mass is 334 g/mol. The van der Waals surface area contributed by atoms with Gasteiger partial charge in [0.05, 0.1) is 16.3 Å². The summed E-state index contributed by atoms with van der Waals surface area (Å²) in [6.45, 7) is 4.31. The van der Waals surface area contributed by atoms with E-state index in [9.17, 15) is 8.42 Å². The molecule has 0 aliphatic carbocycles. The van der Waals surface area contributed by atoms with Gasteiger partial charge in [-0.15, -0.1) is 0 Å². The second kappa shape index (κ2) is 6.70. The van der Waals surface area contributed by atoms with Crippen LogP contribution in [-0.4, -0.2) is 42.0 Å². The zero-order valence-corrected chi connectivity index (χ0v) is 14.1. The molecule has 0 amide bonds. The van der Waals surface area contributed by atoms with Gasteiger partial charge in [0.2, 0.25) is 0 Å². The third-order valence-electron chi connectivity index (χ3n) is 4.45. The zero-order chi connectivity index (χ0) is 16.3. The topological polar surface area (TPSA) is 68.1 Å². The minimum atomic E-state index is -3.20. The molecule has 124 valence electrons. The molecule has 0 radical (unpaired) electrons. The van der Waals surface area contributed by atoms with Crippen molar-refractivity contribution in [1.29, 1.82) is 0 Å². The van der Waals surface area contributed by atoms with E-state index >= 15 is 0 Å². The van der Waals surface area contributed by atoms with E-state index in [4.69, 9.17) is 0 Å². The van der Waals surface area contributed by atoms with Gasteiger partial charge in [-0.1, -0.05) is 19.1 Å². The van der Waals surface area contributed by atoms with Gasteiger partial charge in [-0.05, 0) is 30.9 Å². The van der Waals surface area contributed by atoms with Crippen molar-refractivity contribution in [2.45, 2.75) is 31.2 Å². The van der Waals surface area contributed by atoms with Gasteiger partial charge in [0, 0.05) is 19.6 Å². The van der Waals surface area contributed by atoms with Crippen molar-refractivity contribution in [3.8, 4) is 0 Å². The third-order valence-corrected chi connectivity index (χ3v) is 6.22. The Morgan fingerprint density at radius 1 is 1.22 bits per heavy atom. The molecule has 1 aliphatic rings. The Kier molecular flexibility index (Phi) is 4.66. The van der Waals surface area contributed by atoms with E-state index in [1.54, 1.807) is 31.7 Å². The highest BCUT2D eigenvalue weighted by Crippen LogP contribution is 2.30. The van der Waals surface area contributed by atoms with Crippen molar-refractivity contribution >= 4 is 15.5 Å². The first kappa shape index (κ1) is 16.0. The van der Waals surface area contributed by atoms with Crippen LogP contribution in [0.2, 0.25) is 0 Å². The minimum absolute atomic E-state index is 0.132. The molecule has 6 nitrogen and oxygen atoms in total. The normalized spacial score (nSPS) is 16.7. The van der Waals surface area contributed by atoms with Crippen LogP contribution < -0.4 is 4.90 Å². The molecule has 0 unspecified atom stereocenters. The Morgan fingerprint density at radius 3 is 2.61 bits per heavy atom. The number of hydrogen-bond acceptors (Lipinski definition) is 5. The zero-order valence-electron chi connectivity index (χ0n) is 13.3. The number of aromatic nitrogens is 3. The summed E-state index contributed by atoms with van der Waals surface area (Å²) >= 11 is 0. The van der Waals surface area contributed by atoms with Gasteiger partial charge in [0.25, 0.3) is 0 Å². The highest BCUT2D eigenvalue weighted by atomic mass is 32.2. The van der Waals surface area contributed by atoms with Gasteiger partial charge in [0.15, 0.2) is 9.84 Å². The molecule has 23 heavy (non-hydrogen) atoms. The predicted molar refractivity (Wildman–Crippen MR) is 89.1 cm³/mol. The van der Waals surface area contributed by atoms with Crippen LogP contribution in [0.1, 0.15) is 19.8 Å². The molecule has 0 saturated carbocycles. The molecule has 7 heteroatoms. The molecule has 0 spiro atoms. The molecule has 0 N–H and O–H groups in total. The highest BCUT2D eigenvalue weighted by molar-refractivity contribution is 7.91. The highest BCUT2D eigenvalue weighted by Gasteiger charge is 2.24. The average molecular weight is 334 g/mol. The van der Waals surface area contributed by atoms with Gasteiger partial charge < -0.3 is 4.90 Å². The van der Waals surface area contributed by atoms with Crippen LogP contribution in [0.5, 0.6) is 0 Å². The number of nitrogens with zero attached hydrogens (tertiary/aromatic N) is 4. The second-order valence-electron chi connectivity index (χ2n) is 5.92. The number of hydrogen-bond donors (Lipinski definition) is 0. The molecule has 1 aliphatic heterocycles. The summed E-state index contributed by atoms with van der Waals surface area (Å²) in [6, 6.07) is 7.34. The quantitative estimate of drug-likeness (QED) is 0.836. The lowest BCUT2D eigenvalue weighted by atomic mass is 9.96. The van der Waals surface area contributed by atoms with Gasteiger partial charge in [-0.25, -0.2) is 13.4 Å². The minimum Gasteiger partial charge on any atom is -0.370 e. The lowest BCUT2D eigenvalue weighted by molar-refractivity contribution is 0.341. The molecule has 2 heterocycles. The Labute approximate surface area is 137 Å². The number of sulfone groups is 1. The summed E-state index contributed by atoms with van der Waals surface area (Å²) in [6.07, 6.45) is 5.36. The molecule has 1 aromatic heterocycles. The van der Waals surface area contributed by atoms with Crippen LogP contribution in [0.3, 0.4) is 0 Å². The van der Waals surface area contributed by atoms with Crippen LogP contribution in [0.15, 0.2) is 41.8 Å². The number of para-hydroxylation sites is 1. The van der Waals surface area contributed by atoms with Crippen molar-refractivity contribution in [2.24, 2.45) is 5.92 Å². The van der Waals surface area contributed by atoms with Crippen LogP contribution in [0, 0.1) is 5.92 Å². The van der Waals surface area contributed by atoms with Crippen molar-refractivity contribution in [3.63, 3.8) is 0 Å². The Morgan fingerprint density at radius 2 is 1.96 bits per heavy atom. The fourth-order valence-corrected chi connectivity index (χ4v) is 4.20. The van der Waals surface area contributed by atoms with Gasteiger partial charge >= 0.3 is 0 Å². The molecule has 0 bridgehead atoms. The second-order valence-corrected chi connectivity index (χ2v) is 8.17. The first-order chi connectivity index (χ1) is 11.1. The molecule has 1 fully saturated rings. The van der Waals surface area contributed by atoms with Crippen molar-refractivity contribution in [1.82, 2.24) is 14.8 Å². The maximum absolute atomic E-state index is 12.3. The smallest absolute Gasteiger partial charge is 0.180 e. The van der Waals surface area contributed by atoms with Gasteiger partial charge in [-0.2, -0.15) is 5.10 Å². The summed E-state index contributed by atoms with van der Waals surface area (Å²) in [5.41, 5.74) is 0.841. The van der Waals surface area contributed by atoms with E-state index in [-0.39, 0.29) is 5.75 Å². The van der Waals surface area contributed by atoms with Crippen molar-refractivity contribution in [3.05, 3.63) is 36.9 Å². The Bertz CT molecular complexity index is 735. The lowest BCUT2D eigenvalue weighted by Crippen LogP contribution is -2.36. The lowest BCUT2D eigenvalue weighted by Gasteiger charge is -2.34. The Hall–Kier alpha value is -1.89. The number of piperidine rings is 1. The standard InChI is InChI=1S/C16H22N4O2S/c1-2-23(21,22)16-6-4-3-5-15(16)19-9-7-14(8-10-19)11-20-13-17-12-18-20/h3-6,12-14H,2,7-11H2,1H3. The molecule has 1 saturated heterocycles. The molecule has 2 aromatic rings. The third kappa shape index (κ3) is 3.55. The Balaban J connectivity index is 1.71. The molecular weight excluding hydrogens is 312 g/mol. The summed E-state index contributed by atoms with van der Waals surface area (Å²) in [5.74, 6) is 0.690. The number of benzene rings is 1. The molecule has 3 rings (SSSR count). The van der Waals surface area contributed by atoms with E-state index in [2.05, 4.69) is 15.0 Å². The molecule has 1 aromatic carbocycles. The van der Waals surface area contributed by atoms with Gasteiger partial charge in [0.1, 0.15) is 12.7 Å².